The van der Waals surface area contributed by atoms with Gasteiger partial charge in [0.25, 0.3) is 0 Å². The molecule has 2 aromatic carbocycles. The van der Waals surface area contributed by atoms with Crippen molar-refractivity contribution in [2.45, 2.75) is 18.7 Å². The highest BCUT2D eigenvalue weighted by molar-refractivity contribution is 6.31. The van der Waals surface area contributed by atoms with Crippen molar-refractivity contribution in [3.8, 4) is 0 Å². The van der Waals surface area contributed by atoms with Gasteiger partial charge in [-0.25, -0.2) is 4.39 Å². The highest BCUT2D eigenvalue weighted by atomic mass is 35.5. The molecule has 0 aromatic heterocycles. The second kappa shape index (κ2) is 6.03. The lowest BCUT2D eigenvalue weighted by Crippen LogP contribution is -2.08. The maximum Gasteiger partial charge on any atom is 0.416 e. The third kappa shape index (κ3) is 3.74. The second-order valence-corrected chi connectivity index (χ2v) is 4.93. The number of aliphatic hydroxyl groups excluding tert-OH is 1. The largest absolute Gasteiger partial charge is 0.416 e. The van der Waals surface area contributed by atoms with E-state index in [0.717, 1.165) is 12.1 Å². The van der Waals surface area contributed by atoms with E-state index in [1.54, 1.807) is 0 Å². The van der Waals surface area contributed by atoms with Crippen LogP contribution in [-0.2, 0) is 12.6 Å². The monoisotopic (exact) mass is 318 g/mol. The van der Waals surface area contributed by atoms with Gasteiger partial charge in [0.05, 0.1) is 16.7 Å². The Labute approximate surface area is 123 Å². The molecule has 0 bridgehead atoms. The zero-order valence-electron chi connectivity index (χ0n) is 10.7. The van der Waals surface area contributed by atoms with Gasteiger partial charge in [-0.05, 0) is 29.3 Å². The van der Waals surface area contributed by atoms with Gasteiger partial charge < -0.3 is 5.11 Å². The molecule has 0 spiro atoms. The van der Waals surface area contributed by atoms with E-state index in [1.807, 2.05) is 0 Å². The molecular formula is C15H11ClF4O. The minimum absolute atomic E-state index is 0.0715. The number of alkyl halides is 3. The number of benzene rings is 2. The molecule has 0 fully saturated rings. The maximum atomic E-state index is 13.3. The van der Waals surface area contributed by atoms with Gasteiger partial charge in [0.15, 0.2) is 0 Å². The molecule has 6 heteroatoms. The lowest BCUT2D eigenvalue weighted by molar-refractivity contribution is -0.137. The molecule has 1 atom stereocenters. The molecule has 1 nitrogen and oxygen atoms in total. The molecule has 21 heavy (non-hydrogen) atoms. The van der Waals surface area contributed by atoms with Crippen LogP contribution in [0.25, 0.3) is 0 Å². The van der Waals surface area contributed by atoms with Crippen molar-refractivity contribution >= 4 is 11.6 Å². The van der Waals surface area contributed by atoms with Gasteiger partial charge in [-0.2, -0.15) is 13.2 Å². The van der Waals surface area contributed by atoms with Crippen LogP contribution in [0, 0.1) is 5.82 Å². The first kappa shape index (κ1) is 15.8. The average Bonchev–Trinajstić information content (AvgIpc) is 2.43. The average molecular weight is 319 g/mol. The third-order valence-electron chi connectivity index (χ3n) is 3.04. The predicted molar refractivity (Wildman–Crippen MR) is 71.5 cm³/mol. The topological polar surface area (TPSA) is 20.2 Å². The summed E-state index contributed by atoms with van der Waals surface area (Å²) in [5.41, 5.74) is -0.406. The summed E-state index contributed by atoms with van der Waals surface area (Å²) in [4.78, 5) is 0. The van der Waals surface area contributed by atoms with E-state index in [0.29, 0.717) is 5.56 Å². The number of hydrogen-bond donors (Lipinski definition) is 1. The fraction of sp³-hybridized carbons (Fsp3) is 0.200. The SMILES string of the molecule is OC(Cc1cccc(F)c1Cl)c1cccc(C(F)(F)F)c1. The van der Waals surface area contributed by atoms with E-state index in [2.05, 4.69) is 0 Å². The Morgan fingerprint density at radius 1 is 1.10 bits per heavy atom. The van der Waals surface area contributed by atoms with Crippen LogP contribution in [0.15, 0.2) is 42.5 Å². The van der Waals surface area contributed by atoms with Crippen LogP contribution in [-0.4, -0.2) is 5.11 Å². The minimum Gasteiger partial charge on any atom is -0.388 e. The van der Waals surface area contributed by atoms with Crippen molar-refractivity contribution < 1.29 is 22.7 Å². The third-order valence-corrected chi connectivity index (χ3v) is 3.47. The van der Waals surface area contributed by atoms with Crippen LogP contribution < -0.4 is 0 Å². The maximum absolute atomic E-state index is 13.3. The standard InChI is InChI=1S/C15H11ClF4O/c16-14-10(4-2-6-12(14)17)8-13(21)9-3-1-5-11(7-9)15(18,19)20/h1-7,13,21H,8H2. The smallest absolute Gasteiger partial charge is 0.388 e. The number of hydrogen-bond acceptors (Lipinski definition) is 1. The molecule has 0 saturated heterocycles. The van der Waals surface area contributed by atoms with Crippen molar-refractivity contribution in [2.75, 3.05) is 0 Å². The molecule has 0 radical (unpaired) electrons. The van der Waals surface area contributed by atoms with Gasteiger partial charge >= 0.3 is 6.18 Å². The first-order valence-electron chi connectivity index (χ1n) is 6.07. The van der Waals surface area contributed by atoms with Crippen LogP contribution >= 0.6 is 11.6 Å². The van der Waals surface area contributed by atoms with Crippen molar-refractivity contribution in [3.63, 3.8) is 0 Å². The van der Waals surface area contributed by atoms with Crippen LogP contribution in [0.2, 0.25) is 5.02 Å². The summed E-state index contributed by atoms with van der Waals surface area (Å²) in [5, 5.41) is 9.90. The minimum atomic E-state index is -4.48. The molecule has 0 amide bonds. The molecule has 0 aliphatic rings. The lowest BCUT2D eigenvalue weighted by atomic mass is 9.99. The summed E-state index contributed by atoms with van der Waals surface area (Å²) in [6, 6.07) is 8.51. The zero-order valence-corrected chi connectivity index (χ0v) is 11.4. The molecule has 112 valence electrons. The molecule has 1 N–H and O–H groups in total. The Kier molecular flexibility index (Phi) is 4.54. The summed E-state index contributed by atoms with van der Waals surface area (Å²) < 4.78 is 51.2. The predicted octanol–water partition coefficient (Wildman–Crippen LogP) is 4.77. The Hall–Kier alpha value is -1.59. The van der Waals surface area contributed by atoms with E-state index in [1.165, 1.54) is 30.3 Å². The van der Waals surface area contributed by atoms with Gasteiger partial charge in [-0.1, -0.05) is 35.9 Å². The number of rotatable bonds is 3. The molecule has 0 aliphatic carbocycles. The van der Waals surface area contributed by atoms with Crippen molar-refractivity contribution in [3.05, 3.63) is 70.0 Å². The molecular weight excluding hydrogens is 308 g/mol. The Morgan fingerprint density at radius 2 is 1.76 bits per heavy atom. The molecule has 2 rings (SSSR count). The molecule has 0 heterocycles. The van der Waals surface area contributed by atoms with Gasteiger partial charge in [0.1, 0.15) is 5.82 Å². The van der Waals surface area contributed by atoms with Crippen LogP contribution in [0.3, 0.4) is 0 Å². The summed E-state index contributed by atoms with van der Waals surface area (Å²) in [7, 11) is 0. The lowest BCUT2D eigenvalue weighted by Gasteiger charge is -2.14. The van der Waals surface area contributed by atoms with Crippen molar-refractivity contribution in [2.24, 2.45) is 0 Å². The van der Waals surface area contributed by atoms with E-state index >= 15 is 0 Å². The Balaban J connectivity index is 2.25. The fourth-order valence-corrected chi connectivity index (χ4v) is 2.16. The second-order valence-electron chi connectivity index (χ2n) is 4.56. The summed E-state index contributed by atoms with van der Waals surface area (Å²) in [6.45, 7) is 0. The van der Waals surface area contributed by atoms with E-state index in [-0.39, 0.29) is 17.0 Å². The van der Waals surface area contributed by atoms with Gasteiger partial charge in [0, 0.05) is 6.42 Å². The molecule has 2 aromatic rings. The number of aliphatic hydroxyl groups is 1. The normalized spacial score (nSPS) is 13.2. The van der Waals surface area contributed by atoms with Gasteiger partial charge in [0.2, 0.25) is 0 Å². The summed E-state index contributed by atoms with van der Waals surface area (Å²) in [5.74, 6) is -0.634. The fourth-order valence-electron chi connectivity index (χ4n) is 1.95. The first-order valence-corrected chi connectivity index (χ1v) is 6.45. The van der Waals surface area contributed by atoms with E-state index in [4.69, 9.17) is 11.6 Å². The van der Waals surface area contributed by atoms with Crippen LogP contribution in [0.1, 0.15) is 22.8 Å². The molecule has 1 unspecified atom stereocenters. The number of halogens is 5. The van der Waals surface area contributed by atoms with Crippen molar-refractivity contribution in [1.29, 1.82) is 0 Å². The zero-order chi connectivity index (χ0) is 15.6. The van der Waals surface area contributed by atoms with Gasteiger partial charge in [-0.3, -0.25) is 0 Å². The first-order chi connectivity index (χ1) is 9.79. The van der Waals surface area contributed by atoms with Crippen LogP contribution in [0.5, 0.6) is 0 Å². The van der Waals surface area contributed by atoms with E-state index in [9.17, 15) is 22.7 Å². The highest BCUT2D eigenvalue weighted by Gasteiger charge is 2.30. The summed E-state index contributed by atoms with van der Waals surface area (Å²) >= 11 is 5.76. The molecule has 0 saturated carbocycles. The van der Waals surface area contributed by atoms with Crippen molar-refractivity contribution in [1.82, 2.24) is 0 Å². The summed E-state index contributed by atoms with van der Waals surface area (Å²) in [6.07, 6.45) is -5.75. The Bertz CT molecular complexity index is 640. The Morgan fingerprint density at radius 3 is 2.43 bits per heavy atom. The molecule has 0 aliphatic heterocycles. The van der Waals surface area contributed by atoms with Gasteiger partial charge in [-0.15, -0.1) is 0 Å². The van der Waals surface area contributed by atoms with Crippen LogP contribution in [0.4, 0.5) is 17.6 Å². The quantitative estimate of drug-likeness (QED) is 0.808. The van der Waals surface area contributed by atoms with E-state index < -0.39 is 23.7 Å². The highest BCUT2D eigenvalue weighted by Crippen LogP contribution is 2.32.